The molecule has 2 heterocycles. The van der Waals surface area contributed by atoms with E-state index in [1.165, 1.54) is 10.4 Å². The van der Waals surface area contributed by atoms with Crippen molar-refractivity contribution < 1.29 is 9.53 Å². The van der Waals surface area contributed by atoms with E-state index in [4.69, 9.17) is 4.74 Å². The lowest BCUT2D eigenvalue weighted by molar-refractivity contribution is 0.172. The van der Waals surface area contributed by atoms with Crippen molar-refractivity contribution in [2.24, 2.45) is 0 Å². The summed E-state index contributed by atoms with van der Waals surface area (Å²) in [5.74, 6) is 0.825. The van der Waals surface area contributed by atoms with Gasteiger partial charge < -0.3 is 15.0 Å². The zero-order valence-corrected chi connectivity index (χ0v) is 15.4. The molecule has 1 aliphatic heterocycles. The number of fused-ring (bicyclic) bond motifs is 1. The van der Waals surface area contributed by atoms with Crippen LogP contribution in [0.1, 0.15) is 42.8 Å². The van der Waals surface area contributed by atoms with Crippen LogP contribution in [0.4, 0.5) is 4.79 Å². The van der Waals surface area contributed by atoms with Crippen LogP contribution in [0, 0.1) is 0 Å². The van der Waals surface area contributed by atoms with E-state index in [1.54, 1.807) is 18.4 Å². The summed E-state index contributed by atoms with van der Waals surface area (Å²) in [6.07, 6.45) is 0.914. The predicted molar refractivity (Wildman–Crippen MR) is 97.9 cm³/mol. The number of methoxy groups -OCH3 is 1. The number of carbonyl (C=O) groups excluding carboxylic acids is 1. The van der Waals surface area contributed by atoms with Gasteiger partial charge in [0.2, 0.25) is 0 Å². The third kappa shape index (κ3) is 3.41. The Morgan fingerprint density at radius 2 is 1.96 bits per heavy atom. The molecule has 1 aromatic carbocycles. The van der Waals surface area contributed by atoms with Gasteiger partial charge in [0.15, 0.2) is 0 Å². The highest BCUT2D eigenvalue weighted by Crippen LogP contribution is 2.38. The van der Waals surface area contributed by atoms with E-state index in [9.17, 15) is 4.79 Å². The molecule has 4 nitrogen and oxygen atoms in total. The number of carbonyl (C=O) groups is 1. The molecule has 24 heavy (non-hydrogen) atoms. The molecule has 0 unspecified atom stereocenters. The number of ether oxygens (including phenoxy) is 1. The molecule has 0 bridgehead atoms. The van der Waals surface area contributed by atoms with Crippen molar-refractivity contribution in [3.63, 3.8) is 0 Å². The number of nitrogens with one attached hydrogen (secondary N) is 1. The van der Waals surface area contributed by atoms with Crippen molar-refractivity contribution in [3.05, 3.63) is 51.7 Å². The van der Waals surface area contributed by atoms with Crippen LogP contribution in [-0.4, -0.2) is 30.1 Å². The molecule has 5 heteroatoms. The summed E-state index contributed by atoms with van der Waals surface area (Å²) in [5, 5.41) is 5.22. The summed E-state index contributed by atoms with van der Waals surface area (Å²) < 4.78 is 5.26. The molecule has 0 radical (unpaired) electrons. The topological polar surface area (TPSA) is 41.6 Å². The number of hydrogen-bond acceptors (Lipinski definition) is 3. The molecule has 3 rings (SSSR count). The SMILES string of the molecule is COc1ccc([C@H]2c3ccsc3CCN2C(=O)NC(C)(C)C)cc1. The van der Waals surface area contributed by atoms with Gasteiger partial charge in [-0.25, -0.2) is 4.79 Å². The van der Waals surface area contributed by atoms with Crippen LogP contribution in [0.15, 0.2) is 35.7 Å². The van der Waals surface area contributed by atoms with Gasteiger partial charge in [-0.2, -0.15) is 0 Å². The van der Waals surface area contributed by atoms with Gasteiger partial charge in [-0.05, 0) is 61.9 Å². The molecule has 1 aromatic heterocycles. The van der Waals surface area contributed by atoms with E-state index in [2.05, 4.69) is 16.8 Å². The minimum Gasteiger partial charge on any atom is -0.497 e. The second-order valence-electron chi connectivity index (χ2n) is 7.10. The molecule has 0 saturated heterocycles. The first kappa shape index (κ1) is 16.8. The monoisotopic (exact) mass is 344 g/mol. The van der Waals surface area contributed by atoms with Gasteiger partial charge in [0.1, 0.15) is 5.75 Å². The van der Waals surface area contributed by atoms with Crippen LogP contribution in [0.25, 0.3) is 0 Å². The molecule has 0 aliphatic carbocycles. The number of benzene rings is 1. The summed E-state index contributed by atoms with van der Waals surface area (Å²) in [6, 6.07) is 10.1. The molecule has 2 aromatic rings. The quantitative estimate of drug-likeness (QED) is 0.886. The van der Waals surface area contributed by atoms with E-state index >= 15 is 0 Å². The second kappa shape index (κ2) is 6.48. The van der Waals surface area contributed by atoms with Gasteiger partial charge in [-0.3, -0.25) is 0 Å². The first-order valence-corrected chi connectivity index (χ1v) is 9.06. The highest BCUT2D eigenvalue weighted by Gasteiger charge is 2.33. The standard InChI is InChI=1S/C19H24N2O2S/c1-19(2,3)20-18(22)21-11-9-16-15(10-12-24-16)17(21)13-5-7-14(23-4)8-6-13/h5-8,10,12,17H,9,11H2,1-4H3,(H,20,22)/t17-/m0/s1. The Hall–Kier alpha value is -2.01. The van der Waals surface area contributed by atoms with Gasteiger partial charge >= 0.3 is 6.03 Å². The van der Waals surface area contributed by atoms with Gasteiger partial charge in [0.05, 0.1) is 13.2 Å². The molecule has 1 N–H and O–H groups in total. The lowest BCUT2D eigenvalue weighted by atomic mass is 9.93. The van der Waals surface area contributed by atoms with Gasteiger partial charge in [0.25, 0.3) is 0 Å². The molecular formula is C19H24N2O2S. The average Bonchev–Trinajstić information content (AvgIpc) is 3.01. The molecule has 0 fully saturated rings. The number of urea groups is 1. The van der Waals surface area contributed by atoms with Crippen molar-refractivity contribution in [1.29, 1.82) is 0 Å². The average molecular weight is 344 g/mol. The summed E-state index contributed by atoms with van der Waals surface area (Å²) in [4.78, 5) is 16.2. The van der Waals surface area contributed by atoms with Gasteiger partial charge in [0, 0.05) is 17.0 Å². The lowest BCUT2D eigenvalue weighted by Crippen LogP contribution is -2.51. The number of amides is 2. The maximum Gasteiger partial charge on any atom is 0.318 e. The van der Waals surface area contributed by atoms with Crippen LogP contribution in [0.2, 0.25) is 0 Å². The highest BCUT2D eigenvalue weighted by atomic mass is 32.1. The first-order chi connectivity index (χ1) is 11.4. The maximum absolute atomic E-state index is 12.8. The Bertz CT molecular complexity index is 716. The minimum atomic E-state index is -0.254. The minimum absolute atomic E-state index is 0.0137. The Kier molecular flexibility index (Phi) is 4.54. The number of rotatable bonds is 2. The van der Waals surface area contributed by atoms with E-state index in [0.717, 1.165) is 24.3 Å². The zero-order valence-electron chi connectivity index (χ0n) is 14.6. The molecular weight excluding hydrogens is 320 g/mol. The molecule has 1 aliphatic rings. The van der Waals surface area contributed by atoms with Crippen molar-refractivity contribution in [3.8, 4) is 5.75 Å². The third-order valence-corrected chi connectivity index (χ3v) is 5.14. The molecule has 0 spiro atoms. The van der Waals surface area contributed by atoms with Crippen molar-refractivity contribution >= 4 is 17.4 Å². The van der Waals surface area contributed by atoms with Crippen LogP contribution < -0.4 is 10.1 Å². The third-order valence-electron chi connectivity index (χ3n) is 4.14. The maximum atomic E-state index is 12.8. The predicted octanol–water partition coefficient (Wildman–Crippen LogP) is 4.21. The van der Waals surface area contributed by atoms with E-state index in [-0.39, 0.29) is 17.6 Å². The van der Waals surface area contributed by atoms with E-state index < -0.39 is 0 Å². The van der Waals surface area contributed by atoms with Crippen LogP contribution in [0.3, 0.4) is 0 Å². The first-order valence-electron chi connectivity index (χ1n) is 8.18. The zero-order chi connectivity index (χ0) is 17.3. The van der Waals surface area contributed by atoms with Crippen molar-refractivity contribution in [2.45, 2.75) is 38.8 Å². The number of thiophene rings is 1. The summed E-state index contributed by atoms with van der Waals surface area (Å²) in [6.45, 7) is 6.75. The van der Waals surface area contributed by atoms with Crippen LogP contribution in [-0.2, 0) is 6.42 Å². The second-order valence-corrected chi connectivity index (χ2v) is 8.10. The highest BCUT2D eigenvalue weighted by molar-refractivity contribution is 7.10. The molecule has 128 valence electrons. The van der Waals surface area contributed by atoms with E-state index in [1.807, 2.05) is 49.9 Å². The number of nitrogens with zero attached hydrogens (tertiary/aromatic N) is 1. The van der Waals surface area contributed by atoms with Gasteiger partial charge in [-0.1, -0.05) is 12.1 Å². The van der Waals surface area contributed by atoms with Crippen molar-refractivity contribution in [1.82, 2.24) is 10.2 Å². The molecule has 0 saturated carbocycles. The summed E-state index contributed by atoms with van der Waals surface area (Å²) in [7, 11) is 1.66. The molecule has 2 amide bonds. The fourth-order valence-electron chi connectivity index (χ4n) is 3.07. The fraction of sp³-hybridized carbons (Fsp3) is 0.421. The Labute approximate surface area is 147 Å². The Balaban J connectivity index is 1.97. The normalized spacial score (nSPS) is 17.3. The fourth-order valence-corrected chi connectivity index (χ4v) is 3.98. The van der Waals surface area contributed by atoms with Crippen molar-refractivity contribution in [2.75, 3.05) is 13.7 Å². The summed E-state index contributed by atoms with van der Waals surface area (Å²) in [5.41, 5.74) is 2.09. The number of hydrogen-bond donors (Lipinski definition) is 1. The smallest absolute Gasteiger partial charge is 0.318 e. The largest absolute Gasteiger partial charge is 0.497 e. The van der Waals surface area contributed by atoms with Crippen LogP contribution >= 0.6 is 11.3 Å². The van der Waals surface area contributed by atoms with Gasteiger partial charge in [-0.15, -0.1) is 11.3 Å². The van der Waals surface area contributed by atoms with Crippen LogP contribution in [0.5, 0.6) is 5.75 Å². The Morgan fingerprint density at radius 3 is 2.58 bits per heavy atom. The van der Waals surface area contributed by atoms with E-state index in [0.29, 0.717) is 0 Å². The molecule has 1 atom stereocenters. The Morgan fingerprint density at radius 1 is 1.25 bits per heavy atom. The lowest BCUT2D eigenvalue weighted by Gasteiger charge is -2.38. The summed E-state index contributed by atoms with van der Waals surface area (Å²) >= 11 is 1.78.